The van der Waals surface area contributed by atoms with Gasteiger partial charge in [-0.05, 0) is 31.0 Å². The molecule has 0 aliphatic heterocycles. The number of esters is 1. The van der Waals surface area contributed by atoms with Gasteiger partial charge in [-0.2, -0.15) is 4.98 Å². The highest BCUT2D eigenvalue weighted by Gasteiger charge is 2.10. The van der Waals surface area contributed by atoms with Gasteiger partial charge in [0, 0.05) is 13.5 Å². The molecular weight excluding hydrogens is 286 g/mol. The first-order valence-corrected chi connectivity index (χ1v) is 6.84. The molecule has 2 rings (SSSR count). The molecule has 0 saturated carbocycles. The maximum absolute atomic E-state index is 11.9. The van der Waals surface area contributed by atoms with E-state index in [-0.39, 0.29) is 18.4 Å². The molecule has 1 aromatic heterocycles. The van der Waals surface area contributed by atoms with Crippen LogP contribution in [-0.2, 0) is 22.6 Å². The monoisotopic (exact) mass is 303 g/mol. The van der Waals surface area contributed by atoms with Gasteiger partial charge >= 0.3 is 5.97 Å². The molecular formula is C15H17N3O4. The van der Waals surface area contributed by atoms with Crippen LogP contribution in [0.4, 0.5) is 0 Å². The maximum Gasteiger partial charge on any atom is 0.338 e. The number of hydrogen-bond acceptors (Lipinski definition) is 6. The zero-order chi connectivity index (χ0) is 15.9. The Morgan fingerprint density at radius 1 is 1.27 bits per heavy atom. The number of carbonyl (C=O) groups excluding carboxylic acids is 2. The van der Waals surface area contributed by atoms with E-state index >= 15 is 0 Å². The summed E-state index contributed by atoms with van der Waals surface area (Å²) < 4.78 is 9.95. The van der Waals surface area contributed by atoms with Gasteiger partial charge in [-0.15, -0.1) is 0 Å². The van der Waals surface area contributed by atoms with Gasteiger partial charge in [0.25, 0.3) is 5.89 Å². The number of carbonyl (C=O) groups is 2. The summed E-state index contributed by atoms with van der Waals surface area (Å²) in [5.74, 6) is 0.244. The lowest BCUT2D eigenvalue weighted by Crippen LogP contribution is -2.22. The maximum atomic E-state index is 11.9. The van der Waals surface area contributed by atoms with Crippen molar-refractivity contribution in [2.75, 3.05) is 6.54 Å². The number of amides is 1. The highest BCUT2D eigenvalue weighted by Crippen LogP contribution is 2.08. The Kier molecular flexibility index (Phi) is 5.24. The molecule has 0 aliphatic carbocycles. The van der Waals surface area contributed by atoms with Gasteiger partial charge < -0.3 is 14.6 Å². The van der Waals surface area contributed by atoms with E-state index in [1.165, 1.54) is 6.92 Å². The average Bonchev–Trinajstić information content (AvgIpc) is 2.91. The van der Waals surface area contributed by atoms with Crippen LogP contribution in [0.3, 0.4) is 0 Å². The predicted molar refractivity (Wildman–Crippen MR) is 77.0 cm³/mol. The van der Waals surface area contributed by atoms with Crippen molar-refractivity contribution in [1.29, 1.82) is 0 Å². The standard InChI is InChI=1S/C15H17N3O4/c1-10-17-14(22-18-10)9-21-15(20)13-5-3-12(4-6-13)7-8-16-11(2)19/h3-6H,7-9H2,1-2H3,(H,16,19). The first-order valence-electron chi connectivity index (χ1n) is 6.84. The zero-order valence-electron chi connectivity index (χ0n) is 12.5. The summed E-state index contributed by atoms with van der Waals surface area (Å²) in [6, 6.07) is 7.03. The van der Waals surface area contributed by atoms with Crippen molar-refractivity contribution < 1.29 is 18.8 Å². The lowest BCUT2D eigenvalue weighted by Gasteiger charge is -2.05. The van der Waals surface area contributed by atoms with Crippen LogP contribution in [0.5, 0.6) is 0 Å². The van der Waals surface area contributed by atoms with E-state index in [0.717, 1.165) is 5.56 Å². The molecule has 7 nitrogen and oxygen atoms in total. The van der Waals surface area contributed by atoms with E-state index in [0.29, 0.717) is 24.4 Å². The van der Waals surface area contributed by atoms with E-state index in [4.69, 9.17) is 9.26 Å². The van der Waals surface area contributed by atoms with E-state index < -0.39 is 5.97 Å². The Morgan fingerprint density at radius 3 is 2.59 bits per heavy atom. The molecule has 0 saturated heterocycles. The van der Waals surface area contributed by atoms with Crippen LogP contribution in [-0.4, -0.2) is 28.6 Å². The van der Waals surface area contributed by atoms with E-state index in [1.54, 1.807) is 19.1 Å². The molecule has 1 N–H and O–H groups in total. The van der Waals surface area contributed by atoms with Crippen molar-refractivity contribution in [2.24, 2.45) is 0 Å². The molecule has 0 unspecified atom stereocenters. The van der Waals surface area contributed by atoms with Gasteiger partial charge in [-0.25, -0.2) is 4.79 Å². The van der Waals surface area contributed by atoms with Gasteiger partial charge in [0.15, 0.2) is 12.4 Å². The summed E-state index contributed by atoms with van der Waals surface area (Å²) >= 11 is 0. The molecule has 1 heterocycles. The van der Waals surface area contributed by atoms with E-state index in [2.05, 4.69) is 15.5 Å². The fourth-order valence-electron chi connectivity index (χ4n) is 1.80. The van der Waals surface area contributed by atoms with E-state index in [1.807, 2.05) is 12.1 Å². The first kappa shape index (κ1) is 15.7. The number of nitrogens with zero attached hydrogens (tertiary/aromatic N) is 2. The van der Waals surface area contributed by atoms with Gasteiger partial charge in [-0.1, -0.05) is 17.3 Å². The fraction of sp³-hybridized carbons (Fsp3) is 0.333. The normalized spacial score (nSPS) is 10.3. The predicted octanol–water partition coefficient (Wildman–Crippen LogP) is 1.41. The summed E-state index contributed by atoms with van der Waals surface area (Å²) in [5.41, 5.74) is 1.47. The first-order chi connectivity index (χ1) is 10.5. The minimum Gasteiger partial charge on any atom is -0.452 e. The summed E-state index contributed by atoms with van der Waals surface area (Å²) in [5, 5.41) is 6.33. The SMILES string of the molecule is CC(=O)NCCc1ccc(C(=O)OCc2nc(C)no2)cc1. The lowest BCUT2D eigenvalue weighted by molar-refractivity contribution is -0.118. The number of hydrogen-bond donors (Lipinski definition) is 1. The van der Waals surface area contributed by atoms with Crippen LogP contribution in [0.1, 0.15) is 34.6 Å². The molecule has 0 fully saturated rings. The summed E-state index contributed by atoms with van der Waals surface area (Å²) in [7, 11) is 0. The van der Waals surface area contributed by atoms with Gasteiger partial charge in [0.2, 0.25) is 5.91 Å². The number of nitrogens with one attached hydrogen (secondary N) is 1. The third-order valence-electron chi connectivity index (χ3n) is 2.87. The third kappa shape index (κ3) is 4.69. The van der Waals surface area contributed by atoms with Crippen LogP contribution < -0.4 is 5.32 Å². The Hall–Kier alpha value is -2.70. The molecule has 0 radical (unpaired) electrons. The summed E-state index contributed by atoms with van der Waals surface area (Å²) in [6.45, 7) is 3.68. The second-order valence-corrected chi connectivity index (χ2v) is 4.74. The molecule has 7 heteroatoms. The van der Waals surface area contributed by atoms with Gasteiger partial charge in [0.1, 0.15) is 0 Å². The van der Waals surface area contributed by atoms with Crippen LogP contribution in [0.15, 0.2) is 28.8 Å². The third-order valence-corrected chi connectivity index (χ3v) is 2.87. The average molecular weight is 303 g/mol. The van der Waals surface area contributed by atoms with Crippen LogP contribution in [0, 0.1) is 6.92 Å². The van der Waals surface area contributed by atoms with Gasteiger partial charge in [-0.3, -0.25) is 4.79 Å². The largest absolute Gasteiger partial charge is 0.452 e. The topological polar surface area (TPSA) is 94.3 Å². The number of aryl methyl sites for hydroxylation is 1. The molecule has 0 aliphatic rings. The van der Waals surface area contributed by atoms with Crippen molar-refractivity contribution in [3.8, 4) is 0 Å². The number of benzene rings is 1. The van der Waals surface area contributed by atoms with Crippen LogP contribution >= 0.6 is 0 Å². The minimum atomic E-state index is -0.454. The molecule has 22 heavy (non-hydrogen) atoms. The number of ether oxygens (including phenoxy) is 1. The van der Waals surface area contributed by atoms with Crippen molar-refractivity contribution in [3.05, 3.63) is 47.1 Å². The van der Waals surface area contributed by atoms with E-state index in [9.17, 15) is 9.59 Å². The number of rotatable bonds is 6. The zero-order valence-corrected chi connectivity index (χ0v) is 12.5. The Bertz CT molecular complexity index is 649. The molecule has 1 aromatic carbocycles. The highest BCUT2D eigenvalue weighted by molar-refractivity contribution is 5.89. The van der Waals surface area contributed by atoms with Crippen molar-refractivity contribution in [1.82, 2.24) is 15.5 Å². The molecule has 116 valence electrons. The quantitative estimate of drug-likeness (QED) is 0.811. The minimum absolute atomic E-state index is 0.0516. The Labute approximate surface area is 127 Å². The van der Waals surface area contributed by atoms with Crippen LogP contribution in [0.25, 0.3) is 0 Å². The Balaban J connectivity index is 1.83. The summed E-state index contributed by atoms with van der Waals surface area (Å²) in [6.07, 6.45) is 0.705. The van der Waals surface area contributed by atoms with Crippen molar-refractivity contribution in [2.45, 2.75) is 26.9 Å². The molecule has 2 aromatic rings. The summed E-state index contributed by atoms with van der Waals surface area (Å²) in [4.78, 5) is 26.6. The van der Waals surface area contributed by atoms with Gasteiger partial charge in [0.05, 0.1) is 5.56 Å². The lowest BCUT2D eigenvalue weighted by atomic mass is 10.1. The fourth-order valence-corrected chi connectivity index (χ4v) is 1.80. The second kappa shape index (κ2) is 7.35. The number of aromatic nitrogens is 2. The smallest absolute Gasteiger partial charge is 0.338 e. The highest BCUT2D eigenvalue weighted by atomic mass is 16.6. The molecule has 0 spiro atoms. The van der Waals surface area contributed by atoms with Crippen molar-refractivity contribution >= 4 is 11.9 Å². The molecule has 0 bridgehead atoms. The molecule has 0 atom stereocenters. The molecule has 1 amide bonds. The second-order valence-electron chi connectivity index (χ2n) is 4.74. The van der Waals surface area contributed by atoms with Crippen LogP contribution in [0.2, 0.25) is 0 Å². The Morgan fingerprint density at radius 2 is 2.00 bits per heavy atom. The van der Waals surface area contributed by atoms with Crippen molar-refractivity contribution in [3.63, 3.8) is 0 Å².